The third kappa shape index (κ3) is 1.34. The quantitative estimate of drug-likeness (QED) is 0.654. The Morgan fingerprint density at radius 2 is 1.60 bits per heavy atom. The molecule has 0 radical (unpaired) electrons. The van der Waals surface area contributed by atoms with Gasteiger partial charge in [0.15, 0.2) is 5.79 Å². The molecule has 2 heteroatoms. The Kier molecular flexibility index (Phi) is 2.35. The SMILES string of the molecule is C[C@@H]1CC[C@H]2C(C)(C)[C@@H]3CC12C[C@H]1OC(C)(C)O[C@]13C. The van der Waals surface area contributed by atoms with Crippen LogP contribution >= 0.6 is 0 Å². The molecular formula is C18H30O2. The average molecular weight is 278 g/mol. The minimum Gasteiger partial charge on any atom is -0.344 e. The van der Waals surface area contributed by atoms with E-state index in [9.17, 15) is 0 Å². The van der Waals surface area contributed by atoms with Crippen LogP contribution in [0.25, 0.3) is 0 Å². The predicted octanol–water partition coefficient (Wildman–Crippen LogP) is 4.38. The van der Waals surface area contributed by atoms with Crippen LogP contribution in [0.1, 0.15) is 67.2 Å². The second-order valence-corrected chi connectivity index (χ2v) is 9.34. The van der Waals surface area contributed by atoms with Crippen molar-refractivity contribution in [1.82, 2.24) is 0 Å². The molecule has 3 saturated carbocycles. The van der Waals surface area contributed by atoms with Gasteiger partial charge in [-0.15, -0.1) is 0 Å². The molecule has 2 nitrogen and oxygen atoms in total. The fourth-order valence-corrected chi connectivity index (χ4v) is 7.01. The Balaban J connectivity index is 1.82. The van der Waals surface area contributed by atoms with Crippen LogP contribution in [0.3, 0.4) is 0 Å². The van der Waals surface area contributed by atoms with Gasteiger partial charge in [-0.3, -0.25) is 0 Å². The number of hydrogen-bond acceptors (Lipinski definition) is 2. The summed E-state index contributed by atoms with van der Waals surface area (Å²) in [5.41, 5.74) is 0.836. The largest absolute Gasteiger partial charge is 0.344 e. The number of ether oxygens (including phenoxy) is 2. The number of fused-ring (bicyclic) bond motifs is 3. The maximum atomic E-state index is 6.48. The highest BCUT2D eigenvalue weighted by Gasteiger charge is 2.73. The van der Waals surface area contributed by atoms with E-state index >= 15 is 0 Å². The van der Waals surface area contributed by atoms with Gasteiger partial charge in [-0.1, -0.05) is 20.8 Å². The molecule has 1 aliphatic heterocycles. The second kappa shape index (κ2) is 3.46. The molecule has 1 saturated heterocycles. The highest BCUT2D eigenvalue weighted by Crippen LogP contribution is 2.75. The molecule has 6 atom stereocenters. The lowest BCUT2D eigenvalue weighted by Crippen LogP contribution is -2.52. The van der Waals surface area contributed by atoms with Crippen LogP contribution < -0.4 is 0 Å². The van der Waals surface area contributed by atoms with Crippen LogP contribution in [0.5, 0.6) is 0 Å². The molecule has 3 aliphatic carbocycles. The zero-order valence-corrected chi connectivity index (χ0v) is 14.0. The molecule has 0 N–H and O–H groups in total. The Hall–Kier alpha value is -0.0800. The smallest absolute Gasteiger partial charge is 0.164 e. The van der Waals surface area contributed by atoms with Gasteiger partial charge in [-0.25, -0.2) is 0 Å². The van der Waals surface area contributed by atoms with E-state index in [1.165, 1.54) is 25.7 Å². The molecule has 1 heterocycles. The van der Waals surface area contributed by atoms with E-state index in [1.807, 2.05) is 0 Å². The topological polar surface area (TPSA) is 18.5 Å². The third-order valence-corrected chi connectivity index (χ3v) is 7.73. The molecule has 0 aromatic carbocycles. The van der Waals surface area contributed by atoms with Gasteiger partial charge in [0.2, 0.25) is 0 Å². The predicted molar refractivity (Wildman–Crippen MR) is 79.3 cm³/mol. The minimum absolute atomic E-state index is 0.0810. The summed E-state index contributed by atoms with van der Waals surface area (Å²) < 4.78 is 12.8. The van der Waals surface area contributed by atoms with Crippen molar-refractivity contribution in [1.29, 1.82) is 0 Å². The molecule has 20 heavy (non-hydrogen) atoms. The van der Waals surface area contributed by atoms with E-state index in [-0.39, 0.29) is 5.60 Å². The van der Waals surface area contributed by atoms with E-state index in [4.69, 9.17) is 9.47 Å². The second-order valence-electron chi connectivity index (χ2n) is 9.34. The van der Waals surface area contributed by atoms with Gasteiger partial charge in [0.1, 0.15) is 0 Å². The maximum Gasteiger partial charge on any atom is 0.164 e. The Morgan fingerprint density at radius 1 is 0.900 bits per heavy atom. The zero-order chi connectivity index (χ0) is 14.6. The lowest BCUT2D eigenvalue weighted by atomic mass is 9.63. The first-order valence-electron chi connectivity index (χ1n) is 8.50. The van der Waals surface area contributed by atoms with Gasteiger partial charge in [0.25, 0.3) is 0 Å². The summed E-state index contributed by atoms with van der Waals surface area (Å²) in [5, 5.41) is 0. The fourth-order valence-electron chi connectivity index (χ4n) is 7.01. The zero-order valence-electron chi connectivity index (χ0n) is 14.0. The van der Waals surface area contributed by atoms with Crippen LogP contribution in [0, 0.1) is 28.6 Å². The van der Waals surface area contributed by atoms with Crippen LogP contribution in [-0.2, 0) is 9.47 Å². The first-order chi connectivity index (χ1) is 9.12. The molecule has 4 aliphatic rings. The average Bonchev–Trinajstić information content (AvgIpc) is 2.80. The lowest BCUT2D eigenvalue weighted by molar-refractivity contribution is -0.177. The summed E-state index contributed by atoms with van der Waals surface area (Å²) >= 11 is 0. The molecule has 1 spiro atoms. The van der Waals surface area contributed by atoms with Gasteiger partial charge in [0, 0.05) is 0 Å². The maximum absolute atomic E-state index is 6.48. The summed E-state index contributed by atoms with van der Waals surface area (Å²) in [5.74, 6) is 1.96. The van der Waals surface area contributed by atoms with Crippen molar-refractivity contribution in [2.75, 3.05) is 0 Å². The molecular weight excluding hydrogens is 248 g/mol. The van der Waals surface area contributed by atoms with Crippen LogP contribution in [0.4, 0.5) is 0 Å². The standard InChI is InChI=1S/C18H30O2/c1-11-7-8-12-15(2,3)13-9-18(11,12)10-14-17(13,6)20-16(4,5)19-14/h11-14H,7-10H2,1-6H3/t11-,12+,13+,14-,17+,18?/m1/s1. The van der Waals surface area contributed by atoms with E-state index < -0.39 is 5.79 Å². The van der Waals surface area contributed by atoms with Gasteiger partial charge < -0.3 is 9.47 Å². The monoisotopic (exact) mass is 278 g/mol. The summed E-state index contributed by atoms with van der Waals surface area (Å²) in [6, 6.07) is 0. The number of rotatable bonds is 0. The summed E-state index contributed by atoms with van der Waals surface area (Å²) in [6.45, 7) is 14.0. The van der Waals surface area contributed by atoms with Crippen molar-refractivity contribution in [3.8, 4) is 0 Å². The molecule has 114 valence electrons. The van der Waals surface area contributed by atoms with Crippen LogP contribution in [-0.4, -0.2) is 17.5 Å². The molecule has 0 amide bonds. The van der Waals surface area contributed by atoms with Crippen molar-refractivity contribution in [3.63, 3.8) is 0 Å². The Morgan fingerprint density at radius 3 is 2.30 bits per heavy atom. The van der Waals surface area contributed by atoms with Gasteiger partial charge in [-0.05, 0) is 75.0 Å². The number of hydrogen-bond donors (Lipinski definition) is 0. The van der Waals surface area contributed by atoms with Gasteiger partial charge in [-0.2, -0.15) is 0 Å². The van der Waals surface area contributed by atoms with Crippen molar-refractivity contribution >= 4 is 0 Å². The molecule has 2 bridgehead atoms. The minimum atomic E-state index is -0.409. The fraction of sp³-hybridized carbons (Fsp3) is 1.00. The molecule has 4 fully saturated rings. The normalized spacial score (nSPS) is 58.5. The molecule has 0 aromatic rings. The van der Waals surface area contributed by atoms with E-state index in [1.54, 1.807) is 0 Å². The summed E-state index contributed by atoms with van der Waals surface area (Å²) in [6.07, 6.45) is 5.70. The third-order valence-electron chi connectivity index (χ3n) is 7.73. The van der Waals surface area contributed by atoms with Crippen molar-refractivity contribution in [2.24, 2.45) is 28.6 Å². The molecule has 1 unspecified atom stereocenters. The van der Waals surface area contributed by atoms with Gasteiger partial charge >= 0.3 is 0 Å². The summed E-state index contributed by atoms with van der Waals surface area (Å²) in [7, 11) is 0. The van der Waals surface area contributed by atoms with E-state index in [0.717, 1.165) is 11.8 Å². The Bertz CT molecular complexity index is 454. The first-order valence-corrected chi connectivity index (χ1v) is 8.50. The molecule has 4 rings (SSSR count). The Labute approximate surface area is 123 Å². The molecule has 0 aromatic heterocycles. The lowest BCUT2D eigenvalue weighted by Gasteiger charge is -2.47. The van der Waals surface area contributed by atoms with E-state index in [2.05, 4.69) is 41.5 Å². The van der Waals surface area contributed by atoms with Crippen molar-refractivity contribution < 1.29 is 9.47 Å². The highest BCUT2D eigenvalue weighted by molar-refractivity contribution is 5.21. The highest BCUT2D eigenvalue weighted by atomic mass is 16.8. The van der Waals surface area contributed by atoms with Crippen LogP contribution in [0.15, 0.2) is 0 Å². The first kappa shape index (κ1) is 13.6. The van der Waals surface area contributed by atoms with E-state index in [0.29, 0.717) is 22.9 Å². The summed E-state index contributed by atoms with van der Waals surface area (Å²) in [4.78, 5) is 0. The van der Waals surface area contributed by atoms with Crippen molar-refractivity contribution in [3.05, 3.63) is 0 Å². The van der Waals surface area contributed by atoms with Gasteiger partial charge in [0.05, 0.1) is 11.7 Å². The van der Waals surface area contributed by atoms with Crippen molar-refractivity contribution in [2.45, 2.75) is 84.7 Å². The van der Waals surface area contributed by atoms with Crippen LogP contribution in [0.2, 0.25) is 0 Å².